The number of amides is 5. The number of carboxylic acid groups (broad SMARTS) is 2. The van der Waals surface area contributed by atoms with Gasteiger partial charge in [0.15, 0.2) is 23.2 Å². The molecule has 2 aromatic heterocycles. The fraction of sp³-hybridized carbons (Fsp3) is 0.377. The predicted octanol–water partition coefficient (Wildman–Crippen LogP) is 4.37. The number of nitrogen functional groups attached to an aromatic ring is 1. The average molecular weight is 1180 g/mol. The molecule has 0 spiro atoms. The minimum Gasteiger partial charge on any atom is -0.542 e. The number of carboxylic acids is 2. The molecule has 2 aliphatic rings. The van der Waals surface area contributed by atoms with Gasteiger partial charge in [-0.05, 0) is 72.1 Å². The fourth-order valence-corrected chi connectivity index (χ4v) is 9.86. The summed E-state index contributed by atoms with van der Waals surface area (Å²) >= 11 is 2.01. The third-order valence-corrected chi connectivity index (χ3v) is 13.6. The minimum atomic E-state index is -5.19. The van der Waals surface area contributed by atoms with Gasteiger partial charge in [-0.1, -0.05) is 96.2 Å². The van der Waals surface area contributed by atoms with E-state index in [0.29, 0.717) is 17.1 Å². The second kappa shape index (κ2) is 25.4. The number of alkyl halides is 3. The van der Waals surface area contributed by atoms with Gasteiger partial charge in [-0.15, -0.1) is 21.1 Å². The van der Waals surface area contributed by atoms with E-state index in [2.05, 4.69) is 41.1 Å². The summed E-state index contributed by atoms with van der Waals surface area (Å²) in [6, 6.07) is 27.6. The molecule has 29 heteroatoms. The Labute approximate surface area is 476 Å². The van der Waals surface area contributed by atoms with Crippen LogP contribution < -0.4 is 42.1 Å². The zero-order valence-corrected chi connectivity index (χ0v) is 47.5. The predicted molar refractivity (Wildman–Crippen MR) is 292 cm³/mol. The molecular formula is C53H61F3N12O12S2. The van der Waals surface area contributed by atoms with Gasteiger partial charge in [-0.2, -0.15) is 22.5 Å². The van der Waals surface area contributed by atoms with Gasteiger partial charge in [0.25, 0.3) is 11.8 Å². The molecule has 1 fully saturated rings. The van der Waals surface area contributed by atoms with Gasteiger partial charge < -0.3 is 56.3 Å². The van der Waals surface area contributed by atoms with Crippen LogP contribution in [0.2, 0.25) is 0 Å². The maximum Gasteiger partial charge on any atom is 0.430 e. The summed E-state index contributed by atoms with van der Waals surface area (Å²) in [4.78, 5) is 99.8. The lowest BCUT2D eigenvalue weighted by Gasteiger charge is -2.49. The molecule has 3 aromatic carbocycles. The Bertz CT molecular complexity index is 3140. The molecule has 4 heterocycles. The third kappa shape index (κ3) is 15.4. The lowest BCUT2D eigenvalue weighted by atomic mass is 9.77. The number of aromatic nitrogens is 4. The van der Waals surface area contributed by atoms with E-state index in [4.69, 9.17) is 29.9 Å². The van der Waals surface area contributed by atoms with E-state index in [1.807, 2.05) is 91.0 Å². The first kappa shape index (κ1) is 62.5. The van der Waals surface area contributed by atoms with Crippen molar-refractivity contribution in [2.24, 2.45) is 12.2 Å². The van der Waals surface area contributed by atoms with Crippen LogP contribution in [0.1, 0.15) is 77.9 Å². The van der Waals surface area contributed by atoms with Crippen molar-refractivity contribution in [3.05, 3.63) is 131 Å². The van der Waals surface area contributed by atoms with Crippen LogP contribution in [0.25, 0.3) is 0 Å². The van der Waals surface area contributed by atoms with Gasteiger partial charge in [0, 0.05) is 35.9 Å². The molecule has 8 N–H and O–H groups in total. The monoisotopic (exact) mass is 1180 g/mol. The van der Waals surface area contributed by atoms with Crippen LogP contribution in [-0.2, 0) is 57.4 Å². The topological polar surface area (TPSA) is 327 Å². The molecule has 0 saturated carbocycles. The molecule has 5 amide bonds. The van der Waals surface area contributed by atoms with Crippen molar-refractivity contribution in [1.29, 1.82) is 0 Å². The van der Waals surface area contributed by atoms with Gasteiger partial charge in [0.05, 0.1) is 7.05 Å². The van der Waals surface area contributed by atoms with Crippen molar-refractivity contribution in [3.8, 4) is 0 Å². The molecule has 7 rings (SSSR count). The number of ether oxygens (including phenoxy) is 2. The van der Waals surface area contributed by atoms with Gasteiger partial charge in [0.1, 0.15) is 39.8 Å². The highest BCUT2D eigenvalue weighted by Gasteiger charge is 2.55. The molecule has 2 aliphatic heterocycles. The quantitative estimate of drug-likeness (QED) is 0.0122. The Kier molecular flexibility index (Phi) is 19.3. The highest BCUT2D eigenvalue weighted by molar-refractivity contribution is 8.00. The number of urea groups is 1. The molecule has 438 valence electrons. The number of benzene rings is 3. The highest BCUT2D eigenvalue weighted by Crippen LogP contribution is 2.43. The van der Waals surface area contributed by atoms with Crippen molar-refractivity contribution < 1.29 is 75.9 Å². The second-order valence-corrected chi connectivity index (χ2v) is 22.6. The number of carbonyl (C=O) groups is 7. The molecule has 5 aromatic rings. The highest BCUT2D eigenvalue weighted by atomic mass is 32.2. The Balaban J connectivity index is 0.00000145. The maximum atomic E-state index is 14.1. The Morgan fingerprint density at radius 3 is 1.84 bits per heavy atom. The van der Waals surface area contributed by atoms with E-state index in [-0.39, 0.29) is 42.0 Å². The number of aliphatic carboxylic acids is 2. The number of nitrogens with one attached hydrogen (secondary N) is 5. The van der Waals surface area contributed by atoms with Crippen LogP contribution in [0, 0.1) is 0 Å². The number of alkyl carbamates (subject to hydrolysis) is 1. The van der Waals surface area contributed by atoms with Crippen molar-refractivity contribution in [3.63, 3.8) is 0 Å². The average Bonchev–Trinajstić information content (AvgIpc) is 3.98. The van der Waals surface area contributed by atoms with E-state index >= 15 is 0 Å². The van der Waals surface area contributed by atoms with Crippen molar-refractivity contribution in [2.45, 2.75) is 102 Å². The van der Waals surface area contributed by atoms with Crippen LogP contribution >= 0.6 is 23.3 Å². The summed E-state index contributed by atoms with van der Waals surface area (Å²) in [5, 5.41) is 37.5. The summed E-state index contributed by atoms with van der Waals surface area (Å²) in [5.74, 6) is -6.51. The van der Waals surface area contributed by atoms with Crippen LogP contribution in [0.4, 0.5) is 39.4 Å². The zero-order chi connectivity index (χ0) is 60.5. The number of nitrogens with zero attached hydrogens (tertiary/aromatic N) is 6. The van der Waals surface area contributed by atoms with Crippen LogP contribution in [-0.4, -0.2) is 125 Å². The van der Waals surface area contributed by atoms with Gasteiger partial charge in [0.2, 0.25) is 23.3 Å². The zero-order valence-electron chi connectivity index (χ0n) is 45.9. The number of fused-ring (bicyclic) bond motifs is 1. The Hall–Kier alpha value is -8.73. The molecule has 1 saturated heterocycles. The van der Waals surface area contributed by atoms with Crippen molar-refractivity contribution in [2.75, 3.05) is 35.2 Å². The van der Waals surface area contributed by atoms with Crippen LogP contribution in [0.15, 0.2) is 114 Å². The van der Waals surface area contributed by atoms with Gasteiger partial charge in [-0.3, -0.25) is 19.8 Å². The Morgan fingerprint density at radius 2 is 1.37 bits per heavy atom. The number of rotatable bonds is 18. The summed E-state index contributed by atoms with van der Waals surface area (Å²) in [6.45, 7) is 13.1. The summed E-state index contributed by atoms with van der Waals surface area (Å²) in [7, 11) is 1.75. The number of nitrogens with two attached hydrogens (primary N) is 1. The standard InChI is InChI=1S/C51H60N12O10S2.C2HF3O2/c1-48(2,3)71-44(68)50(7,8)73-59-35(38-57-45(52)75-60-38)40(64)56-36-41(65)63-37(43(66)67)30(29-74-42(36)63)27-62-28-34(55-46(69)53-25-26-54-47(70)72-49(4,5)6)39(61(62)9)58-51(31-19-13-10-14-20-31,32-21-15-11-16-22-32)33-23-17-12-18-24-33;3-2(4,5)1(6)7/h10-24,28,36,42H,25-27,29H2,1-9H3,(H7,52,53,54,55,56,57,60,64,66,67,69,70);(H,6,7)/b59-35-;/t36-,42-;/m1./s1. The maximum absolute atomic E-state index is 14.1. The molecule has 0 radical (unpaired) electrons. The summed E-state index contributed by atoms with van der Waals surface area (Å²) in [6.07, 6.45) is -4.17. The van der Waals surface area contributed by atoms with E-state index in [0.717, 1.165) is 33.1 Å². The van der Waals surface area contributed by atoms with Crippen LogP contribution in [0.3, 0.4) is 0 Å². The van der Waals surface area contributed by atoms with Crippen molar-refractivity contribution in [1.82, 2.24) is 34.9 Å². The normalized spacial score (nSPS) is 15.6. The number of carbonyl (C=O) groups excluding carboxylic acids is 6. The lowest BCUT2D eigenvalue weighted by Crippen LogP contribution is -2.71. The van der Waals surface area contributed by atoms with Gasteiger partial charge >= 0.3 is 30.2 Å². The fourth-order valence-electron chi connectivity index (χ4n) is 8.09. The van der Waals surface area contributed by atoms with Gasteiger partial charge in [-0.25, -0.2) is 19.2 Å². The number of hydrogen-bond donors (Lipinski definition) is 7. The minimum absolute atomic E-state index is 0.00663. The number of oxime groups is 1. The number of thioether (sulfide) groups is 1. The number of β-lactam (4-membered cyclic amide) rings is 1. The number of anilines is 3. The Morgan fingerprint density at radius 1 is 0.841 bits per heavy atom. The van der Waals surface area contributed by atoms with Crippen molar-refractivity contribution >= 4 is 87.5 Å². The molecule has 82 heavy (non-hydrogen) atoms. The molecule has 24 nitrogen and oxygen atoms in total. The number of esters is 1. The van der Waals surface area contributed by atoms with Crippen LogP contribution in [0.5, 0.6) is 0 Å². The molecule has 2 atom stereocenters. The molecule has 0 bridgehead atoms. The largest absolute Gasteiger partial charge is 0.542 e. The molecule has 0 aliphatic carbocycles. The molecule has 0 unspecified atom stereocenters. The second-order valence-electron chi connectivity index (χ2n) is 20.7. The first-order valence-electron chi connectivity index (χ1n) is 25.0. The molecular weight excluding hydrogens is 1120 g/mol. The number of hydrogen-bond acceptors (Lipinski definition) is 18. The summed E-state index contributed by atoms with van der Waals surface area (Å²) in [5.41, 5.74) is 4.01. The summed E-state index contributed by atoms with van der Waals surface area (Å²) < 4.78 is 49.9. The third-order valence-electron chi connectivity index (χ3n) is 11.7. The van der Waals surface area contributed by atoms with E-state index in [1.54, 1.807) is 64.2 Å². The van der Waals surface area contributed by atoms with E-state index in [9.17, 15) is 47.0 Å². The number of halogens is 3. The first-order valence-corrected chi connectivity index (χ1v) is 26.8. The first-order chi connectivity index (χ1) is 38.3. The smallest absolute Gasteiger partial charge is 0.430 e. The lowest BCUT2D eigenvalue weighted by molar-refractivity contribution is -0.765. The van der Waals surface area contributed by atoms with E-state index < -0.39 is 87.5 Å². The SMILES string of the molecule is Cn1c(NC(c2ccccc2)(c2ccccc2)c2ccccc2)c(NC(=O)NCCNC(=O)OC(C)(C)C)c[n+]1CC1=C(C(=O)O)N2C(=O)[C@@H](NC(=O)/C(=N\OC(C)(C)C(=O)OC(C)(C)C)c3nsc(N)n3)[C@H]2SC1.O=C([O-])C(F)(F)F. The van der Waals surface area contributed by atoms with E-state index in [1.165, 1.54) is 25.6 Å².